The number of rotatable bonds is 3. The normalized spacial score (nSPS) is 23.1. The van der Waals surface area contributed by atoms with Gasteiger partial charge in [-0.2, -0.15) is 0 Å². The number of hydrogen-bond acceptors (Lipinski definition) is 3. The molecule has 1 aromatic rings. The first-order valence-corrected chi connectivity index (χ1v) is 8.47. The van der Waals surface area contributed by atoms with Crippen LogP contribution in [0.25, 0.3) is 0 Å². The van der Waals surface area contributed by atoms with Crippen LogP contribution in [-0.2, 0) is 29.7 Å². The second-order valence-corrected chi connectivity index (χ2v) is 7.43. The van der Waals surface area contributed by atoms with Crippen molar-refractivity contribution in [3.05, 3.63) is 17.2 Å². The van der Waals surface area contributed by atoms with Gasteiger partial charge >= 0.3 is 0 Å². The Morgan fingerprint density at radius 3 is 2.90 bits per heavy atom. The Morgan fingerprint density at radius 2 is 2.19 bits per heavy atom. The van der Waals surface area contributed by atoms with E-state index in [0.717, 1.165) is 39.1 Å². The molecule has 1 atom stereocenters. The Morgan fingerprint density at radius 1 is 1.33 bits per heavy atom. The summed E-state index contributed by atoms with van der Waals surface area (Å²) in [7, 11) is 0. The summed E-state index contributed by atoms with van der Waals surface area (Å²) in [5.74, 6) is 1.24. The fraction of sp³-hybridized carbons (Fsp3) is 0.824. The maximum Gasteiger partial charge on any atom is 0.114 e. The molecule has 1 aromatic heterocycles. The van der Waals surface area contributed by atoms with Crippen molar-refractivity contribution in [3.8, 4) is 0 Å². The predicted octanol–water partition coefficient (Wildman–Crippen LogP) is 2.79. The Kier molecular flexibility index (Phi) is 4.36. The molecule has 3 rings (SSSR count). The molecule has 0 aliphatic carbocycles. The number of nitrogens with one attached hydrogen (secondary N) is 1. The molecule has 0 amide bonds. The number of nitrogens with zero attached hydrogens (tertiary/aromatic N) is 2. The van der Waals surface area contributed by atoms with E-state index in [1.807, 2.05) is 0 Å². The molecule has 1 N–H and O–H groups in total. The Labute approximate surface area is 128 Å². The second-order valence-electron chi connectivity index (χ2n) is 7.43. The van der Waals surface area contributed by atoms with Crippen molar-refractivity contribution in [1.29, 1.82) is 0 Å². The molecule has 2 aliphatic heterocycles. The molecule has 1 unspecified atom stereocenters. The molecule has 21 heavy (non-hydrogen) atoms. The van der Waals surface area contributed by atoms with Crippen LogP contribution < -0.4 is 5.32 Å². The number of ether oxygens (including phenoxy) is 1. The predicted molar refractivity (Wildman–Crippen MR) is 84.5 cm³/mol. The molecular formula is C17H29N3O. The Bertz CT molecular complexity index is 481. The maximum absolute atomic E-state index is 5.90. The maximum atomic E-state index is 5.90. The molecule has 0 aromatic carbocycles. The summed E-state index contributed by atoms with van der Waals surface area (Å²) >= 11 is 0. The lowest BCUT2D eigenvalue weighted by Crippen LogP contribution is -2.27. The van der Waals surface area contributed by atoms with Crippen molar-refractivity contribution in [2.75, 3.05) is 13.2 Å². The highest BCUT2D eigenvalue weighted by molar-refractivity contribution is 5.23. The minimum absolute atomic E-state index is 0.102. The van der Waals surface area contributed by atoms with Gasteiger partial charge in [0.05, 0.1) is 11.8 Å². The van der Waals surface area contributed by atoms with Gasteiger partial charge in [0.1, 0.15) is 5.82 Å². The van der Waals surface area contributed by atoms with Crippen molar-refractivity contribution in [1.82, 2.24) is 14.9 Å². The quantitative estimate of drug-likeness (QED) is 0.931. The monoisotopic (exact) mass is 291 g/mol. The number of hydrogen-bond donors (Lipinski definition) is 1. The fourth-order valence-electron chi connectivity index (χ4n) is 3.49. The van der Waals surface area contributed by atoms with E-state index in [1.165, 1.54) is 36.5 Å². The largest absolute Gasteiger partial charge is 0.378 e. The number of aromatic nitrogens is 2. The van der Waals surface area contributed by atoms with Gasteiger partial charge in [0, 0.05) is 43.8 Å². The highest BCUT2D eigenvalue weighted by Gasteiger charge is 2.27. The van der Waals surface area contributed by atoms with Crippen LogP contribution >= 0.6 is 0 Å². The van der Waals surface area contributed by atoms with Crippen molar-refractivity contribution in [2.24, 2.45) is 0 Å². The average Bonchev–Trinajstić information content (AvgIpc) is 2.85. The summed E-state index contributed by atoms with van der Waals surface area (Å²) in [6, 6.07) is 0. The zero-order chi connectivity index (χ0) is 14.9. The van der Waals surface area contributed by atoms with E-state index >= 15 is 0 Å². The molecule has 0 spiro atoms. The molecule has 118 valence electrons. The Hall–Kier alpha value is -0.870. The topological polar surface area (TPSA) is 39.1 Å². The SMILES string of the molecule is CC(C)(C)c1nc2c(n1CCC1CCCCO1)CCNC2. The van der Waals surface area contributed by atoms with Crippen molar-refractivity contribution in [3.63, 3.8) is 0 Å². The summed E-state index contributed by atoms with van der Waals surface area (Å²) in [4.78, 5) is 4.95. The van der Waals surface area contributed by atoms with Crippen LogP contribution in [-0.4, -0.2) is 28.8 Å². The first-order valence-electron chi connectivity index (χ1n) is 8.47. The van der Waals surface area contributed by atoms with Crippen molar-refractivity contribution in [2.45, 2.75) is 77.5 Å². The van der Waals surface area contributed by atoms with Crippen LogP contribution in [0.4, 0.5) is 0 Å². The third-order valence-electron chi connectivity index (χ3n) is 4.61. The summed E-state index contributed by atoms with van der Waals surface area (Å²) in [6.07, 6.45) is 6.46. The number of fused-ring (bicyclic) bond motifs is 1. The molecule has 3 heterocycles. The molecule has 2 aliphatic rings. The number of imidazole rings is 1. The van der Waals surface area contributed by atoms with Crippen molar-refractivity contribution >= 4 is 0 Å². The molecule has 0 radical (unpaired) electrons. The van der Waals surface area contributed by atoms with Crippen LogP contribution in [0, 0.1) is 0 Å². The van der Waals surface area contributed by atoms with Gasteiger partial charge in [-0.05, 0) is 25.7 Å². The Balaban J connectivity index is 1.79. The first-order chi connectivity index (χ1) is 10.1. The van der Waals surface area contributed by atoms with E-state index in [1.54, 1.807) is 0 Å². The summed E-state index contributed by atoms with van der Waals surface area (Å²) in [5.41, 5.74) is 2.82. The minimum atomic E-state index is 0.102. The van der Waals surface area contributed by atoms with E-state index in [2.05, 4.69) is 30.7 Å². The van der Waals surface area contributed by atoms with Crippen LogP contribution in [0.2, 0.25) is 0 Å². The van der Waals surface area contributed by atoms with Crippen molar-refractivity contribution < 1.29 is 4.74 Å². The zero-order valence-electron chi connectivity index (χ0n) is 13.7. The average molecular weight is 291 g/mol. The molecule has 0 bridgehead atoms. The van der Waals surface area contributed by atoms with E-state index in [0.29, 0.717) is 6.10 Å². The van der Waals surface area contributed by atoms with Gasteiger partial charge in [-0.25, -0.2) is 4.98 Å². The lowest BCUT2D eigenvalue weighted by molar-refractivity contribution is 0.00847. The van der Waals surface area contributed by atoms with Gasteiger partial charge in [-0.15, -0.1) is 0 Å². The fourth-order valence-corrected chi connectivity index (χ4v) is 3.49. The van der Waals surface area contributed by atoms with Crippen LogP contribution in [0.15, 0.2) is 0 Å². The molecule has 0 saturated carbocycles. The molecule has 4 nitrogen and oxygen atoms in total. The van der Waals surface area contributed by atoms with Crippen LogP contribution in [0.5, 0.6) is 0 Å². The summed E-state index contributed by atoms with van der Waals surface area (Å²) < 4.78 is 8.39. The zero-order valence-corrected chi connectivity index (χ0v) is 13.7. The third-order valence-corrected chi connectivity index (χ3v) is 4.61. The van der Waals surface area contributed by atoms with Crippen LogP contribution in [0.3, 0.4) is 0 Å². The standard InChI is InChI=1S/C17H29N3O/c1-17(2,3)16-19-14-12-18-9-7-15(14)20(16)10-8-13-6-4-5-11-21-13/h13,18H,4-12H2,1-3H3. The summed E-state index contributed by atoms with van der Waals surface area (Å²) in [5, 5.41) is 3.44. The smallest absolute Gasteiger partial charge is 0.114 e. The molecule has 4 heteroatoms. The van der Waals surface area contributed by atoms with Gasteiger partial charge in [-0.3, -0.25) is 0 Å². The highest BCUT2D eigenvalue weighted by atomic mass is 16.5. The van der Waals surface area contributed by atoms with Gasteiger partial charge in [-0.1, -0.05) is 20.8 Å². The van der Waals surface area contributed by atoms with Gasteiger partial charge < -0.3 is 14.6 Å². The van der Waals surface area contributed by atoms with E-state index in [4.69, 9.17) is 9.72 Å². The van der Waals surface area contributed by atoms with E-state index in [-0.39, 0.29) is 5.41 Å². The lowest BCUT2D eigenvalue weighted by Gasteiger charge is -2.26. The van der Waals surface area contributed by atoms with Crippen LogP contribution in [0.1, 0.15) is 63.7 Å². The van der Waals surface area contributed by atoms with Gasteiger partial charge in [0.25, 0.3) is 0 Å². The first kappa shape index (κ1) is 15.0. The van der Waals surface area contributed by atoms with E-state index < -0.39 is 0 Å². The minimum Gasteiger partial charge on any atom is -0.378 e. The van der Waals surface area contributed by atoms with E-state index in [9.17, 15) is 0 Å². The summed E-state index contributed by atoms with van der Waals surface area (Å²) in [6.45, 7) is 10.8. The third kappa shape index (κ3) is 3.32. The molecule has 1 fully saturated rings. The van der Waals surface area contributed by atoms with Gasteiger partial charge in [0.2, 0.25) is 0 Å². The highest BCUT2D eigenvalue weighted by Crippen LogP contribution is 2.27. The molecule has 1 saturated heterocycles. The molecular weight excluding hydrogens is 262 g/mol. The van der Waals surface area contributed by atoms with Gasteiger partial charge in [0.15, 0.2) is 0 Å². The second kappa shape index (κ2) is 6.09. The lowest BCUT2D eigenvalue weighted by atomic mass is 9.95.